The van der Waals surface area contributed by atoms with Crippen molar-refractivity contribution >= 4 is 17.3 Å². The fraction of sp³-hybridized carbons (Fsp3) is 0.231. The molecule has 0 fully saturated rings. The normalized spacial score (nSPS) is 10.4. The Kier molecular flexibility index (Phi) is 3.06. The van der Waals surface area contributed by atoms with Crippen LogP contribution < -0.4 is 11.1 Å². The number of nitrogen functional groups attached to an aromatic ring is 1. The molecule has 0 bridgehead atoms. The molecule has 0 spiro atoms. The first-order chi connectivity index (χ1) is 8.49. The van der Waals surface area contributed by atoms with Crippen LogP contribution in [0.4, 0.5) is 11.4 Å². The first kappa shape index (κ1) is 12.2. The fourth-order valence-corrected chi connectivity index (χ4v) is 1.86. The molecule has 1 aromatic heterocycles. The van der Waals surface area contributed by atoms with Gasteiger partial charge in [0.15, 0.2) is 0 Å². The smallest absolute Gasteiger partial charge is 0.276 e. The Morgan fingerprint density at radius 1 is 1.39 bits per heavy atom. The lowest BCUT2D eigenvalue weighted by atomic mass is 10.2. The Morgan fingerprint density at radius 3 is 2.67 bits per heavy atom. The average Bonchev–Trinajstić information content (AvgIpc) is 2.53. The maximum absolute atomic E-state index is 12.1. The van der Waals surface area contributed by atoms with Gasteiger partial charge in [0.2, 0.25) is 0 Å². The van der Waals surface area contributed by atoms with Gasteiger partial charge >= 0.3 is 0 Å². The minimum absolute atomic E-state index is 0.249. The lowest BCUT2D eigenvalue weighted by molar-refractivity contribution is 0.101. The Hall–Kier alpha value is -2.30. The van der Waals surface area contributed by atoms with Crippen LogP contribution in [0, 0.1) is 13.8 Å². The number of nitrogens with zero attached hydrogens (tertiary/aromatic N) is 2. The molecule has 5 heteroatoms. The van der Waals surface area contributed by atoms with Crippen molar-refractivity contribution in [2.45, 2.75) is 13.8 Å². The number of nitrogens with one attached hydrogen (secondary N) is 1. The molecule has 0 unspecified atom stereocenters. The van der Waals surface area contributed by atoms with Gasteiger partial charge in [-0.2, -0.15) is 5.10 Å². The number of benzene rings is 1. The van der Waals surface area contributed by atoms with E-state index in [0.29, 0.717) is 17.1 Å². The maximum Gasteiger partial charge on any atom is 0.276 e. The number of aryl methyl sites for hydroxylation is 3. The summed E-state index contributed by atoms with van der Waals surface area (Å²) < 4.78 is 1.50. The van der Waals surface area contributed by atoms with Crippen LogP contribution in [0.15, 0.2) is 24.3 Å². The van der Waals surface area contributed by atoms with E-state index >= 15 is 0 Å². The minimum Gasteiger partial charge on any atom is -0.395 e. The van der Waals surface area contributed by atoms with Crippen LogP contribution in [-0.4, -0.2) is 15.7 Å². The highest BCUT2D eigenvalue weighted by molar-refractivity contribution is 6.06. The molecular weight excluding hydrogens is 228 g/mol. The van der Waals surface area contributed by atoms with E-state index in [-0.39, 0.29) is 5.91 Å². The van der Waals surface area contributed by atoms with Crippen molar-refractivity contribution in [3.63, 3.8) is 0 Å². The standard InChI is InChI=1S/C13H16N4O/c1-8-5-4-6-10(7-8)15-13(18)12-11(14)9(2)16-17(12)3/h4-7H,14H2,1-3H3,(H,15,18). The zero-order valence-corrected chi connectivity index (χ0v) is 10.7. The molecule has 18 heavy (non-hydrogen) atoms. The molecular formula is C13H16N4O. The minimum atomic E-state index is -0.249. The third-order valence-corrected chi connectivity index (χ3v) is 2.76. The van der Waals surface area contributed by atoms with Crippen molar-refractivity contribution in [2.75, 3.05) is 11.1 Å². The monoisotopic (exact) mass is 244 g/mol. The van der Waals surface area contributed by atoms with Crippen LogP contribution in [0.1, 0.15) is 21.7 Å². The topological polar surface area (TPSA) is 72.9 Å². The predicted molar refractivity (Wildman–Crippen MR) is 71.5 cm³/mol. The van der Waals surface area contributed by atoms with Gasteiger partial charge in [0.1, 0.15) is 5.69 Å². The predicted octanol–water partition coefficient (Wildman–Crippen LogP) is 1.87. The Balaban J connectivity index is 2.27. The number of anilines is 2. The maximum atomic E-state index is 12.1. The molecule has 2 aromatic rings. The molecule has 0 aliphatic heterocycles. The molecule has 1 amide bonds. The van der Waals surface area contributed by atoms with Gasteiger partial charge in [-0.05, 0) is 31.5 Å². The number of hydrogen-bond donors (Lipinski definition) is 2. The number of nitrogens with two attached hydrogens (primary N) is 1. The lowest BCUT2D eigenvalue weighted by Crippen LogP contribution is -2.17. The van der Waals surface area contributed by atoms with Crippen molar-refractivity contribution in [1.82, 2.24) is 9.78 Å². The lowest BCUT2D eigenvalue weighted by Gasteiger charge is -2.06. The molecule has 0 aliphatic rings. The summed E-state index contributed by atoms with van der Waals surface area (Å²) in [4.78, 5) is 12.1. The number of carbonyl (C=O) groups excluding carboxylic acids is 1. The van der Waals surface area contributed by atoms with Gasteiger partial charge in [-0.15, -0.1) is 0 Å². The quantitative estimate of drug-likeness (QED) is 0.847. The largest absolute Gasteiger partial charge is 0.395 e. The summed E-state index contributed by atoms with van der Waals surface area (Å²) in [6.45, 7) is 3.75. The van der Waals surface area contributed by atoms with Crippen molar-refractivity contribution in [3.8, 4) is 0 Å². The second-order valence-electron chi connectivity index (χ2n) is 4.29. The first-order valence-corrected chi connectivity index (χ1v) is 5.66. The third kappa shape index (κ3) is 2.20. The summed E-state index contributed by atoms with van der Waals surface area (Å²) in [6.07, 6.45) is 0. The van der Waals surface area contributed by atoms with Crippen LogP contribution in [0.3, 0.4) is 0 Å². The van der Waals surface area contributed by atoms with Gasteiger partial charge in [-0.1, -0.05) is 12.1 Å². The van der Waals surface area contributed by atoms with E-state index in [1.165, 1.54) is 4.68 Å². The van der Waals surface area contributed by atoms with Gasteiger partial charge in [-0.25, -0.2) is 0 Å². The summed E-state index contributed by atoms with van der Waals surface area (Å²) in [7, 11) is 1.70. The Morgan fingerprint density at radius 2 is 2.11 bits per heavy atom. The van der Waals surface area contributed by atoms with E-state index in [2.05, 4.69) is 10.4 Å². The summed E-state index contributed by atoms with van der Waals surface area (Å²) in [5, 5.41) is 6.94. The van der Waals surface area contributed by atoms with Gasteiger partial charge in [0.25, 0.3) is 5.91 Å². The van der Waals surface area contributed by atoms with Crippen LogP contribution in [0.2, 0.25) is 0 Å². The number of rotatable bonds is 2. The first-order valence-electron chi connectivity index (χ1n) is 5.66. The summed E-state index contributed by atoms with van der Waals surface area (Å²) in [6, 6.07) is 7.60. The molecule has 0 atom stereocenters. The SMILES string of the molecule is Cc1cccc(NC(=O)c2c(N)c(C)nn2C)c1. The van der Waals surface area contributed by atoms with E-state index < -0.39 is 0 Å². The van der Waals surface area contributed by atoms with E-state index in [4.69, 9.17) is 5.73 Å². The Bertz CT molecular complexity index is 601. The summed E-state index contributed by atoms with van der Waals surface area (Å²) in [5.74, 6) is -0.249. The van der Waals surface area contributed by atoms with Crippen molar-refractivity contribution in [3.05, 3.63) is 41.2 Å². The molecule has 0 radical (unpaired) electrons. The molecule has 2 rings (SSSR count). The van der Waals surface area contributed by atoms with Gasteiger partial charge < -0.3 is 11.1 Å². The van der Waals surface area contributed by atoms with Crippen molar-refractivity contribution in [2.24, 2.45) is 7.05 Å². The van der Waals surface area contributed by atoms with Gasteiger partial charge in [0.05, 0.1) is 11.4 Å². The fourth-order valence-electron chi connectivity index (χ4n) is 1.86. The number of amides is 1. The van der Waals surface area contributed by atoms with Crippen LogP contribution in [0.25, 0.3) is 0 Å². The highest BCUT2D eigenvalue weighted by Gasteiger charge is 2.17. The van der Waals surface area contributed by atoms with Gasteiger partial charge in [-0.3, -0.25) is 9.48 Å². The zero-order valence-electron chi connectivity index (χ0n) is 10.7. The molecule has 0 saturated heterocycles. The number of hydrogen-bond acceptors (Lipinski definition) is 3. The highest BCUT2D eigenvalue weighted by Crippen LogP contribution is 2.17. The molecule has 5 nitrogen and oxygen atoms in total. The van der Waals surface area contributed by atoms with E-state index in [1.54, 1.807) is 14.0 Å². The summed E-state index contributed by atoms with van der Waals surface area (Å²) in [5.41, 5.74) is 9.14. The van der Waals surface area contributed by atoms with Crippen LogP contribution in [0.5, 0.6) is 0 Å². The molecule has 0 saturated carbocycles. The summed E-state index contributed by atoms with van der Waals surface area (Å²) >= 11 is 0. The van der Waals surface area contributed by atoms with Crippen LogP contribution >= 0.6 is 0 Å². The van der Waals surface area contributed by atoms with E-state index in [9.17, 15) is 4.79 Å². The molecule has 1 heterocycles. The van der Waals surface area contributed by atoms with Gasteiger partial charge in [0, 0.05) is 12.7 Å². The molecule has 1 aromatic carbocycles. The van der Waals surface area contributed by atoms with Crippen molar-refractivity contribution < 1.29 is 4.79 Å². The second kappa shape index (κ2) is 4.52. The third-order valence-electron chi connectivity index (χ3n) is 2.76. The number of aromatic nitrogens is 2. The van der Waals surface area contributed by atoms with E-state index in [1.807, 2.05) is 31.2 Å². The Labute approximate surface area is 106 Å². The van der Waals surface area contributed by atoms with E-state index in [0.717, 1.165) is 11.3 Å². The zero-order chi connectivity index (χ0) is 13.3. The average molecular weight is 244 g/mol. The highest BCUT2D eigenvalue weighted by atomic mass is 16.2. The molecule has 0 aliphatic carbocycles. The van der Waals surface area contributed by atoms with Crippen LogP contribution in [-0.2, 0) is 7.05 Å². The second-order valence-corrected chi connectivity index (χ2v) is 4.29. The number of carbonyl (C=O) groups is 1. The molecule has 3 N–H and O–H groups in total. The van der Waals surface area contributed by atoms with Crippen molar-refractivity contribution in [1.29, 1.82) is 0 Å². The molecule has 94 valence electrons.